The number of fused-ring (bicyclic) bond motifs is 1. The van der Waals surface area contributed by atoms with Crippen molar-refractivity contribution in [2.75, 3.05) is 0 Å². The third kappa shape index (κ3) is 4.24. The van der Waals surface area contributed by atoms with E-state index in [1.54, 1.807) is 12.4 Å². The largest absolute Gasteiger partial charge is 0.482 e. The van der Waals surface area contributed by atoms with E-state index in [4.69, 9.17) is 9.15 Å². The van der Waals surface area contributed by atoms with E-state index in [0.717, 1.165) is 22.2 Å². The molecule has 146 valence electrons. The van der Waals surface area contributed by atoms with E-state index in [1.165, 1.54) is 6.26 Å². The molecule has 4 rings (SSSR count). The summed E-state index contributed by atoms with van der Waals surface area (Å²) in [5.41, 5.74) is 2.80. The van der Waals surface area contributed by atoms with Crippen LogP contribution in [0.4, 0.5) is 0 Å². The van der Waals surface area contributed by atoms with Gasteiger partial charge in [0.15, 0.2) is 12.3 Å². The molecule has 0 fully saturated rings. The number of ether oxygens (including phenoxy) is 1. The van der Waals surface area contributed by atoms with Crippen LogP contribution in [-0.4, -0.2) is 20.9 Å². The average molecular weight is 388 g/mol. The van der Waals surface area contributed by atoms with Gasteiger partial charge in [0.2, 0.25) is 5.89 Å². The highest BCUT2D eigenvalue weighted by Crippen LogP contribution is 2.23. The van der Waals surface area contributed by atoms with Gasteiger partial charge in [-0.2, -0.15) is 0 Å². The molecule has 3 aromatic heterocycles. The number of carbonyl (C=O) groups excluding carboxylic acids is 1. The highest BCUT2D eigenvalue weighted by Gasteiger charge is 2.17. The fourth-order valence-electron chi connectivity index (χ4n) is 2.89. The standard InChI is InChI=1S/C22H20N4O3/c1-14-8-9-17(24-11-14)15(2)25-22(27)18-12-29-20(26-18)13-28-19-7-3-5-16-6-4-10-23-21(16)19/h3-12,15H,13H2,1-2H3,(H,25,27)/t15-/m0/s1. The molecule has 0 saturated carbocycles. The van der Waals surface area contributed by atoms with Crippen molar-refractivity contribution < 1.29 is 13.9 Å². The van der Waals surface area contributed by atoms with Gasteiger partial charge in [0.25, 0.3) is 5.91 Å². The van der Waals surface area contributed by atoms with Gasteiger partial charge in [-0.25, -0.2) is 4.98 Å². The summed E-state index contributed by atoms with van der Waals surface area (Å²) in [6, 6.07) is 13.1. The first-order chi connectivity index (χ1) is 14.1. The first-order valence-electron chi connectivity index (χ1n) is 9.24. The van der Waals surface area contributed by atoms with Crippen LogP contribution in [0.2, 0.25) is 0 Å². The summed E-state index contributed by atoms with van der Waals surface area (Å²) >= 11 is 0. The number of carbonyl (C=O) groups is 1. The summed E-state index contributed by atoms with van der Waals surface area (Å²) in [5, 5.41) is 3.85. The van der Waals surface area contributed by atoms with Crippen LogP contribution in [0.1, 0.15) is 40.6 Å². The number of benzene rings is 1. The zero-order valence-electron chi connectivity index (χ0n) is 16.1. The molecule has 3 heterocycles. The monoisotopic (exact) mass is 388 g/mol. The molecule has 0 aliphatic rings. The minimum absolute atomic E-state index is 0.0953. The van der Waals surface area contributed by atoms with E-state index in [2.05, 4.69) is 20.3 Å². The number of hydrogen-bond acceptors (Lipinski definition) is 6. The molecule has 29 heavy (non-hydrogen) atoms. The summed E-state index contributed by atoms with van der Waals surface area (Å²) in [6.07, 6.45) is 4.81. The van der Waals surface area contributed by atoms with Gasteiger partial charge >= 0.3 is 0 Å². The Kier molecular flexibility index (Phi) is 5.20. The summed E-state index contributed by atoms with van der Waals surface area (Å²) < 4.78 is 11.2. The Morgan fingerprint density at radius 3 is 2.86 bits per heavy atom. The zero-order chi connectivity index (χ0) is 20.2. The molecule has 7 heteroatoms. The second-order valence-electron chi connectivity index (χ2n) is 6.70. The fraction of sp³-hybridized carbons (Fsp3) is 0.182. The van der Waals surface area contributed by atoms with Crippen molar-refractivity contribution >= 4 is 16.8 Å². The van der Waals surface area contributed by atoms with Crippen molar-refractivity contribution in [3.05, 3.63) is 84.0 Å². The number of nitrogens with one attached hydrogen (secondary N) is 1. The second-order valence-corrected chi connectivity index (χ2v) is 6.70. The molecule has 1 atom stereocenters. The third-order valence-corrected chi connectivity index (χ3v) is 4.46. The Morgan fingerprint density at radius 1 is 1.17 bits per heavy atom. The van der Waals surface area contributed by atoms with E-state index >= 15 is 0 Å². The number of nitrogens with zero attached hydrogens (tertiary/aromatic N) is 3. The van der Waals surface area contributed by atoms with Gasteiger partial charge in [0.05, 0.1) is 11.7 Å². The van der Waals surface area contributed by atoms with Crippen LogP contribution in [-0.2, 0) is 6.61 Å². The number of oxazole rings is 1. The first kappa shape index (κ1) is 18.6. The number of hydrogen-bond donors (Lipinski definition) is 1. The molecule has 4 aromatic rings. The topological polar surface area (TPSA) is 90.1 Å². The minimum atomic E-state index is -0.332. The number of aryl methyl sites for hydroxylation is 1. The Balaban J connectivity index is 1.40. The Hall–Kier alpha value is -3.74. The van der Waals surface area contributed by atoms with E-state index < -0.39 is 0 Å². The molecule has 7 nitrogen and oxygen atoms in total. The predicted octanol–water partition coefficient (Wildman–Crippen LogP) is 4.00. The van der Waals surface area contributed by atoms with Crippen LogP contribution in [0.5, 0.6) is 5.75 Å². The van der Waals surface area contributed by atoms with Crippen LogP contribution in [0.3, 0.4) is 0 Å². The fourth-order valence-corrected chi connectivity index (χ4v) is 2.89. The van der Waals surface area contributed by atoms with Gasteiger partial charge in [0.1, 0.15) is 17.5 Å². The minimum Gasteiger partial charge on any atom is -0.482 e. The zero-order valence-corrected chi connectivity index (χ0v) is 16.1. The number of rotatable bonds is 6. The first-order valence-corrected chi connectivity index (χ1v) is 9.24. The molecule has 1 amide bonds. The van der Waals surface area contributed by atoms with Crippen LogP contribution in [0.15, 0.2) is 65.5 Å². The highest BCUT2D eigenvalue weighted by atomic mass is 16.5. The lowest BCUT2D eigenvalue weighted by molar-refractivity contribution is 0.0934. The van der Waals surface area contributed by atoms with Crippen molar-refractivity contribution in [3.8, 4) is 5.75 Å². The highest BCUT2D eigenvalue weighted by molar-refractivity contribution is 5.92. The molecule has 0 aliphatic heterocycles. The van der Waals surface area contributed by atoms with E-state index in [9.17, 15) is 4.79 Å². The molecule has 0 radical (unpaired) electrons. The normalized spacial score (nSPS) is 11.9. The molecule has 0 saturated heterocycles. The SMILES string of the molecule is Cc1ccc([C@H](C)NC(=O)c2coc(COc3cccc4cccnc34)n2)nc1. The van der Waals surface area contributed by atoms with E-state index in [0.29, 0.717) is 11.6 Å². The summed E-state index contributed by atoms with van der Waals surface area (Å²) in [4.78, 5) is 25.3. The molecule has 0 bridgehead atoms. The van der Waals surface area contributed by atoms with Crippen LogP contribution < -0.4 is 10.1 Å². The van der Waals surface area contributed by atoms with Crippen LogP contribution >= 0.6 is 0 Å². The van der Waals surface area contributed by atoms with Crippen molar-refractivity contribution in [1.82, 2.24) is 20.3 Å². The lowest BCUT2D eigenvalue weighted by Gasteiger charge is -2.12. The summed E-state index contributed by atoms with van der Waals surface area (Å²) in [5.74, 6) is 0.609. The van der Waals surface area contributed by atoms with Crippen molar-refractivity contribution in [2.24, 2.45) is 0 Å². The Bertz CT molecular complexity index is 1130. The molecule has 0 spiro atoms. The van der Waals surface area contributed by atoms with Gasteiger partial charge in [-0.1, -0.05) is 24.3 Å². The molecule has 0 unspecified atom stereocenters. The molecular formula is C22H20N4O3. The van der Waals surface area contributed by atoms with E-state index in [-0.39, 0.29) is 24.2 Å². The number of pyridine rings is 2. The van der Waals surface area contributed by atoms with E-state index in [1.807, 2.05) is 56.3 Å². The van der Waals surface area contributed by atoms with Gasteiger partial charge in [-0.05, 0) is 37.6 Å². The lowest BCUT2D eigenvalue weighted by atomic mass is 10.2. The maximum absolute atomic E-state index is 12.4. The van der Waals surface area contributed by atoms with Crippen molar-refractivity contribution in [2.45, 2.75) is 26.5 Å². The second kappa shape index (κ2) is 8.10. The van der Waals surface area contributed by atoms with Crippen LogP contribution in [0.25, 0.3) is 10.9 Å². The number of aromatic nitrogens is 3. The van der Waals surface area contributed by atoms with Crippen LogP contribution in [0, 0.1) is 6.92 Å². The Labute approximate surface area is 167 Å². The number of para-hydroxylation sites is 1. The maximum atomic E-state index is 12.4. The van der Waals surface area contributed by atoms with Gasteiger partial charge in [-0.15, -0.1) is 0 Å². The molecule has 0 aliphatic carbocycles. The summed E-state index contributed by atoms with van der Waals surface area (Å²) in [7, 11) is 0. The smallest absolute Gasteiger partial charge is 0.273 e. The molecule has 1 aromatic carbocycles. The quantitative estimate of drug-likeness (QED) is 0.537. The lowest BCUT2D eigenvalue weighted by Crippen LogP contribution is -2.27. The Morgan fingerprint density at radius 2 is 2.03 bits per heavy atom. The van der Waals surface area contributed by atoms with Crippen molar-refractivity contribution in [1.29, 1.82) is 0 Å². The molecular weight excluding hydrogens is 368 g/mol. The van der Waals surface area contributed by atoms with Gasteiger partial charge < -0.3 is 14.5 Å². The molecule has 1 N–H and O–H groups in total. The number of amides is 1. The average Bonchev–Trinajstić information content (AvgIpc) is 3.22. The predicted molar refractivity (Wildman–Crippen MR) is 107 cm³/mol. The van der Waals surface area contributed by atoms with Crippen molar-refractivity contribution in [3.63, 3.8) is 0 Å². The maximum Gasteiger partial charge on any atom is 0.273 e. The summed E-state index contributed by atoms with van der Waals surface area (Å²) in [6.45, 7) is 3.93. The van der Waals surface area contributed by atoms with Gasteiger partial charge in [0, 0.05) is 17.8 Å². The third-order valence-electron chi connectivity index (χ3n) is 4.46. The van der Waals surface area contributed by atoms with Gasteiger partial charge in [-0.3, -0.25) is 14.8 Å².